The largest absolute Gasteiger partial charge is 0.330 e. The van der Waals surface area contributed by atoms with E-state index in [0.717, 1.165) is 23.1 Å². The fourth-order valence-electron chi connectivity index (χ4n) is 3.91. The first-order valence-electron chi connectivity index (χ1n) is 9.18. The minimum atomic E-state index is -0.0584. The Bertz CT molecular complexity index is 1180. The average molecular weight is 392 g/mol. The fraction of sp³-hybridized carbons (Fsp3) is 0.190. The number of halogens is 1. The Labute approximate surface area is 166 Å². The van der Waals surface area contributed by atoms with E-state index in [2.05, 4.69) is 40.4 Å². The number of hydrogen-bond donors (Lipinski definition) is 1. The Balaban J connectivity index is 1.45. The van der Waals surface area contributed by atoms with Crippen LogP contribution < -0.4 is 0 Å². The van der Waals surface area contributed by atoms with Crippen LogP contribution in [0.5, 0.6) is 0 Å². The molecule has 6 nitrogen and oxygen atoms in total. The molecule has 0 bridgehead atoms. The number of pyridine rings is 1. The lowest BCUT2D eigenvalue weighted by Gasteiger charge is -2.35. The number of amides is 1. The zero-order valence-electron chi connectivity index (χ0n) is 15.3. The molecule has 0 spiro atoms. The Hall–Kier alpha value is -3.12. The van der Waals surface area contributed by atoms with Crippen LogP contribution in [0.2, 0.25) is 5.02 Å². The molecule has 1 aliphatic rings. The summed E-state index contributed by atoms with van der Waals surface area (Å²) in [4.78, 5) is 15.0. The zero-order chi connectivity index (χ0) is 19.3. The molecular formula is C21H18ClN5O. The van der Waals surface area contributed by atoms with Crippen molar-refractivity contribution in [1.29, 1.82) is 0 Å². The van der Waals surface area contributed by atoms with E-state index < -0.39 is 0 Å². The van der Waals surface area contributed by atoms with Gasteiger partial charge in [-0.05, 0) is 48.2 Å². The van der Waals surface area contributed by atoms with E-state index in [1.807, 2.05) is 29.4 Å². The van der Waals surface area contributed by atoms with Gasteiger partial charge in [-0.25, -0.2) is 4.52 Å². The van der Waals surface area contributed by atoms with E-state index in [0.29, 0.717) is 17.3 Å². The number of H-pyrrole nitrogens is 1. The molecule has 1 amide bonds. The molecule has 1 atom stereocenters. The maximum absolute atomic E-state index is 13.1. The molecule has 28 heavy (non-hydrogen) atoms. The number of fused-ring (bicyclic) bond motifs is 2. The smallest absolute Gasteiger partial charge is 0.274 e. The van der Waals surface area contributed by atoms with Gasteiger partial charge in [0.15, 0.2) is 5.69 Å². The highest BCUT2D eigenvalue weighted by atomic mass is 35.5. The van der Waals surface area contributed by atoms with Crippen molar-refractivity contribution in [3.63, 3.8) is 0 Å². The SMILES string of the molecule is CC1c2ccc(-c3cn[nH]c3)cc2CCN1C(=O)c1cc2ccc(Cl)cn2n1. The lowest BCUT2D eigenvalue weighted by molar-refractivity contribution is 0.0671. The first-order chi connectivity index (χ1) is 13.6. The molecular weight excluding hydrogens is 374 g/mol. The lowest BCUT2D eigenvalue weighted by atomic mass is 9.90. The second-order valence-electron chi connectivity index (χ2n) is 7.07. The number of carbonyl (C=O) groups excluding carboxylic acids is 1. The molecule has 140 valence electrons. The average Bonchev–Trinajstić information content (AvgIpc) is 3.37. The standard InChI is InChI=1S/C21H18ClN5O/c1-13-19-5-2-14(16-10-23-24-11-16)8-15(19)6-7-26(13)21(28)20-9-18-4-3-17(22)12-27(18)25-20/h2-5,8-13H,6-7H2,1H3,(H,23,24). The summed E-state index contributed by atoms with van der Waals surface area (Å²) in [5.41, 5.74) is 5.94. The normalized spacial score (nSPS) is 16.4. The van der Waals surface area contributed by atoms with Crippen molar-refractivity contribution in [2.75, 3.05) is 6.54 Å². The van der Waals surface area contributed by atoms with Crippen LogP contribution in [-0.4, -0.2) is 37.2 Å². The Kier molecular flexibility index (Phi) is 3.94. The van der Waals surface area contributed by atoms with Gasteiger partial charge in [-0.15, -0.1) is 0 Å². The van der Waals surface area contributed by atoms with Crippen molar-refractivity contribution in [2.24, 2.45) is 0 Å². The predicted molar refractivity (Wildman–Crippen MR) is 107 cm³/mol. The van der Waals surface area contributed by atoms with E-state index in [4.69, 9.17) is 11.6 Å². The van der Waals surface area contributed by atoms with Gasteiger partial charge in [0.1, 0.15) is 0 Å². The number of aromatic nitrogens is 4. The van der Waals surface area contributed by atoms with Crippen molar-refractivity contribution >= 4 is 23.0 Å². The van der Waals surface area contributed by atoms with Crippen LogP contribution in [0.3, 0.4) is 0 Å². The van der Waals surface area contributed by atoms with E-state index in [-0.39, 0.29) is 11.9 Å². The number of aromatic amines is 1. The lowest BCUT2D eigenvalue weighted by Crippen LogP contribution is -2.39. The second kappa shape index (κ2) is 6.49. The van der Waals surface area contributed by atoms with E-state index in [1.165, 1.54) is 11.1 Å². The van der Waals surface area contributed by atoms with Gasteiger partial charge in [-0.1, -0.05) is 29.8 Å². The van der Waals surface area contributed by atoms with Gasteiger partial charge in [0.2, 0.25) is 0 Å². The highest BCUT2D eigenvalue weighted by molar-refractivity contribution is 6.30. The third-order valence-electron chi connectivity index (χ3n) is 5.42. The quantitative estimate of drug-likeness (QED) is 0.558. The molecule has 0 aliphatic carbocycles. The van der Waals surface area contributed by atoms with Gasteiger partial charge < -0.3 is 4.90 Å². The summed E-state index contributed by atoms with van der Waals surface area (Å²) in [5, 5.41) is 11.9. The summed E-state index contributed by atoms with van der Waals surface area (Å²) >= 11 is 6.02. The number of benzene rings is 1. The minimum Gasteiger partial charge on any atom is -0.330 e. The molecule has 4 heterocycles. The third kappa shape index (κ3) is 2.77. The Morgan fingerprint density at radius 1 is 1.21 bits per heavy atom. The molecule has 1 aromatic carbocycles. The first-order valence-corrected chi connectivity index (χ1v) is 9.56. The number of carbonyl (C=O) groups is 1. The number of nitrogens with one attached hydrogen (secondary N) is 1. The van der Waals surface area contributed by atoms with E-state index in [9.17, 15) is 4.79 Å². The van der Waals surface area contributed by atoms with Crippen LogP contribution in [0.1, 0.15) is 34.6 Å². The minimum absolute atomic E-state index is 0.0111. The molecule has 1 N–H and O–H groups in total. The maximum atomic E-state index is 13.1. The topological polar surface area (TPSA) is 66.3 Å². The number of nitrogens with zero attached hydrogens (tertiary/aromatic N) is 4. The molecule has 1 aliphatic heterocycles. The third-order valence-corrected chi connectivity index (χ3v) is 5.64. The van der Waals surface area contributed by atoms with Crippen molar-refractivity contribution in [2.45, 2.75) is 19.4 Å². The van der Waals surface area contributed by atoms with Crippen LogP contribution >= 0.6 is 11.6 Å². The first kappa shape index (κ1) is 17.0. The molecule has 0 saturated heterocycles. The molecule has 0 fully saturated rings. The molecule has 3 aromatic heterocycles. The maximum Gasteiger partial charge on any atom is 0.274 e. The van der Waals surface area contributed by atoms with Crippen LogP contribution in [0.15, 0.2) is 55.0 Å². The molecule has 0 radical (unpaired) electrons. The predicted octanol–water partition coefficient (Wildman–Crippen LogP) is 4.14. The highest BCUT2D eigenvalue weighted by Crippen LogP contribution is 2.33. The Morgan fingerprint density at radius 3 is 2.93 bits per heavy atom. The molecule has 7 heteroatoms. The highest BCUT2D eigenvalue weighted by Gasteiger charge is 2.29. The van der Waals surface area contributed by atoms with E-state index >= 15 is 0 Å². The monoisotopic (exact) mass is 391 g/mol. The summed E-state index contributed by atoms with van der Waals surface area (Å²) in [7, 11) is 0. The summed E-state index contributed by atoms with van der Waals surface area (Å²) in [6.07, 6.45) is 6.23. The molecule has 0 saturated carbocycles. The second-order valence-corrected chi connectivity index (χ2v) is 7.51. The summed E-state index contributed by atoms with van der Waals surface area (Å²) < 4.78 is 1.65. The molecule has 1 unspecified atom stereocenters. The van der Waals surface area contributed by atoms with Crippen LogP contribution in [0, 0.1) is 0 Å². The van der Waals surface area contributed by atoms with Gasteiger partial charge in [0.05, 0.1) is 22.8 Å². The fourth-order valence-corrected chi connectivity index (χ4v) is 4.07. The molecule has 5 rings (SSSR count). The van der Waals surface area contributed by atoms with Gasteiger partial charge in [-0.3, -0.25) is 9.89 Å². The van der Waals surface area contributed by atoms with Gasteiger partial charge in [0, 0.05) is 24.5 Å². The number of hydrogen-bond acceptors (Lipinski definition) is 3. The van der Waals surface area contributed by atoms with Gasteiger partial charge in [0.25, 0.3) is 5.91 Å². The van der Waals surface area contributed by atoms with Crippen LogP contribution in [0.25, 0.3) is 16.6 Å². The number of rotatable bonds is 2. The zero-order valence-corrected chi connectivity index (χ0v) is 16.0. The van der Waals surface area contributed by atoms with Crippen LogP contribution in [0.4, 0.5) is 0 Å². The van der Waals surface area contributed by atoms with Gasteiger partial charge >= 0.3 is 0 Å². The summed E-state index contributed by atoms with van der Waals surface area (Å²) in [6, 6.07) is 11.9. The van der Waals surface area contributed by atoms with Crippen molar-refractivity contribution in [1.82, 2.24) is 24.7 Å². The van der Waals surface area contributed by atoms with Crippen LogP contribution in [-0.2, 0) is 6.42 Å². The van der Waals surface area contributed by atoms with Gasteiger partial charge in [-0.2, -0.15) is 10.2 Å². The van der Waals surface area contributed by atoms with Crippen molar-refractivity contribution < 1.29 is 4.79 Å². The summed E-state index contributed by atoms with van der Waals surface area (Å²) in [6.45, 7) is 2.73. The summed E-state index contributed by atoms with van der Waals surface area (Å²) in [5.74, 6) is -0.0584. The van der Waals surface area contributed by atoms with E-state index in [1.54, 1.807) is 16.8 Å². The Morgan fingerprint density at radius 2 is 2.11 bits per heavy atom. The van der Waals surface area contributed by atoms with Crippen molar-refractivity contribution in [3.8, 4) is 11.1 Å². The molecule has 4 aromatic rings. The van der Waals surface area contributed by atoms with Crippen molar-refractivity contribution in [3.05, 3.63) is 76.8 Å².